The molecule has 1 heterocycles. The van der Waals surface area contributed by atoms with Crippen LogP contribution in [0.2, 0.25) is 0 Å². The number of amides is 1. The lowest BCUT2D eigenvalue weighted by molar-refractivity contribution is 0.0943. The van der Waals surface area contributed by atoms with Crippen molar-refractivity contribution < 1.29 is 4.79 Å². The first-order valence-corrected chi connectivity index (χ1v) is 5.80. The fraction of sp³-hybridized carbons (Fsp3) is 0.364. The van der Waals surface area contributed by atoms with Crippen LogP contribution in [-0.2, 0) is 0 Å². The lowest BCUT2D eigenvalue weighted by Crippen LogP contribution is -2.32. The summed E-state index contributed by atoms with van der Waals surface area (Å²) in [5.74, 6) is -0.00602. The van der Waals surface area contributed by atoms with Crippen LogP contribution in [0.25, 0.3) is 0 Å². The first kappa shape index (κ1) is 10.2. The molecule has 0 aromatic carbocycles. The third-order valence-electron chi connectivity index (χ3n) is 2.52. The largest absolute Gasteiger partial charge is 0.398 e. The van der Waals surface area contributed by atoms with E-state index >= 15 is 0 Å². The minimum atomic E-state index is -0.00602. The number of nitrogens with two attached hydrogens (primary N) is 1. The summed E-state index contributed by atoms with van der Waals surface area (Å²) >= 11 is 1.45. The van der Waals surface area contributed by atoms with Crippen LogP contribution in [-0.4, -0.2) is 11.9 Å². The van der Waals surface area contributed by atoms with E-state index in [2.05, 4.69) is 17.5 Å². The molecule has 80 valence electrons. The zero-order valence-corrected chi connectivity index (χ0v) is 9.43. The number of carbonyl (C=O) groups excluding carboxylic acids is 1. The molecule has 1 aliphatic rings. The van der Waals surface area contributed by atoms with Crippen molar-refractivity contribution in [3.8, 4) is 0 Å². The predicted molar refractivity (Wildman–Crippen MR) is 63.1 cm³/mol. The Morgan fingerprint density at radius 1 is 1.53 bits per heavy atom. The fourth-order valence-corrected chi connectivity index (χ4v) is 2.44. The van der Waals surface area contributed by atoms with E-state index in [9.17, 15) is 4.79 Å². The average Bonchev–Trinajstić information content (AvgIpc) is 2.78. The van der Waals surface area contributed by atoms with Gasteiger partial charge in [0.25, 0.3) is 5.91 Å². The molecule has 1 aromatic rings. The molecule has 0 saturated carbocycles. The summed E-state index contributed by atoms with van der Waals surface area (Å²) in [6.45, 7) is 1.92. The zero-order chi connectivity index (χ0) is 10.8. The smallest absolute Gasteiger partial charge is 0.261 e. The normalized spacial score (nSPS) is 15.8. The maximum atomic E-state index is 11.8. The first-order chi connectivity index (χ1) is 7.16. The van der Waals surface area contributed by atoms with Crippen molar-refractivity contribution in [2.45, 2.75) is 25.8 Å². The summed E-state index contributed by atoms with van der Waals surface area (Å²) in [6, 6.07) is 2.01. The molecule has 0 radical (unpaired) electrons. The monoisotopic (exact) mass is 222 g/mol. The number of nitrogen functional groups attached to an aromatic ring is 1. The van der Waals surface area contributed by atoms with Crippen LogP contribution in [0.15, 0.2) is 18.2 Å². The van der Waals surface area contributed by atoms with Crippen LogP contribution in [0.3, 0.4) is 0 Å². The number of aryl methyl sites for hydroxylation is 1. The van der Waals surface area contributed by atoms with Crippen molar-refractivity contribution in [3.05, 3.63) is 28.0 Å². The predicted octanol–water partition coefficient (Wildman–Crippen LogP) is 2.09. The second-order valence-electron chi connectivity index (χ2n) is 3.74. The van der Waals surface area contributed by atoms with Gasteiger partial charge in [0.2, 0.25) is 0 Å². The Labute approximate surface area is 93.0 Å². The van der Waals surface area contributed by atoms with E-state index < -0.39 is 0 Å². The molecule has 0 bridgehead atoms. The van der Waals surface area contributed by atoms with Crippen molar-refractivity contribution in [1.29, 1.82) is 0 Å². The summed E-state index contributed by atoms with van der Waals surface area (Å²) < 4.78 is 0. The summed E-state index contributed by atoms with van der Waals surface area (Å²) in [5.41, 5.74) is 6.41. The molecule has 4 heteroatoms. The van der Waals surface area contributed by atoms with Crippen LogP contribution in [0.1, 0.15) is 27.4 Å². The van der Waals surface area contributed by atoms with Crippen LogP contribution < -0.4 is 11.1 Å². The van der Waals surface area contributed by atoms with Gasteiger partial charge in [0.1, 0.15) is 0 Å². The molecule has 1 aromatic heterocycles. The molecule has 0 aliphatic heterocycles. The fourth-order valence-electron chi connectivity index (χ4n) is 1.60. The Kier molecular flexibility index (Phi) is 2.77. The number of nitrogens with one attached hydrogen (secondary N) is 1. The molecule has 1 amide bonds. The third-order valence-corrected chi connectivity index (χ3v) is 3.59. The van der Waals surface area contributed by atoms with E-state index in [4.69, 9.17) is 5.73 Å². The van der Waals surface area contributed by atoms with Crippen LogP contribution in [0.4, 0.5) is 5.69 Å². The molecular weight excluding hydrogens is 208 g/mol. The zero-order valence-electron chi connectivity index (χ0n) is 8.62. The van der Waals surface area contributed by atoms with E-state index in [-0.39, 0.29) is 11.9 Å². The number of hydrogen-bond acceptors (Lipinski definition) is 3. The SMILES string of the molecule is Cc1sc(C(=O)NC2CC=CC2)cc1N. The summed E-state index contributed by atoms with van der Waals surface area (Å²) in [7, 11) is 0. The second-order valence-corrected chi connectivity index (χ2v) is 4.99. The number of thiophene rings is 1. The highest BCUT2D eigenvalue weighted by molar-refractivity contribution is 7.14. The Morgan fingerprint density at radius 3 is 2.73 bits per heavy atom. The third kappa shape index (κ3) is 2.21. The molecule has 0 unspecified atom stereocenters. The highest BCUT2D eigenvalue weighted by atomic mass is 32.1. The Morgan fingerprint density at radius 2 is 2.20 bits per heavy atom. The first-order valence-electron chi connectivity index (χ1n) is 4.98. The summed E-state index contributed by atoms with van der Waals surface area (Å²) in [6.07, 6.45) is 6.06. The van der Waals surface area contributed by atoms with Crippen LogP contribution in [0.5, 0.6) is 0 Å². The van der Waals surface area contributed by atoms with Gasteiger partial charge < -0.3 is 11.1 Å². The molecule has 3 N–H and O–H groups in total. The highest BCUT2D eigenvalue weighted by Gasteiger charge is 2.16. The van der Waals surface area contributed by atoms with Crippen molar-refractivity contribution in [2.24, 2.45) is 0 Å². The van der Waals surface area contributed by atoms with E-state index in [1.165, 1.54) is 11.3 Å². The molecule has 3 nitrogen and oxygen atoms in total. The maximum Gasteiger partial charge on any atom is 0.261 e. The van der Waals surface area contributed by atoms with E-state index in [0.29, 0.717) is 10.6 Å². The summed E-state index contributed by atoms with van der Waals surface area (Å²) in [5, 5.41) is 2.99. The maximum absolute atomic E-state index is 11.8. The lowest BCUT2D eigenvalue weighted by Gasteiger charge is -2.10. The van der Waals surface area contributed by atoms with Gasteiger partial charge in [-0.3, -0.25) is 4.79 Å². The number of hydrogen-bond donors (Lipinski definition) is 2. The molecule has 0 saturated heterocycles. The molecule has 0 fully saturated rings. The van der Waals surface area contributed by atoms with Gasteiger partial charge in [-0.05, 0) is 25.8 Å². The van der Waals surface area contributed by atoms with Crippen LogP contribution in [0, 0.1) is 6.92 Å². The van der Waals surface area contributed by atoms with Gasteiger partial charge in [0.15, 0.2) is 0 Å². The van der Waals surface area contributed by atoms with Crippen molar-refractivity contribution in [1.82, 2.24) is 5.32 Å². The molecule has 1 aliphatic carbocycles. The van der Waals surface area contributed by atoms with Gasteiger partial charge in [-0.25, -0.2) is 0 Å². The standard InChI is InChI=1S/C11H14N2OS/c1-7-9(12)6-10(15-7)11(14)13-8-4-2-3-5-8/h2-3,6,8H,4-5,12H2,1H3,(H,13,14). The lowest BCUT2D eigenvalue weighted by atomic mass is 10.2. The van der Waals surface area contributed by atoms with Crippen molar-refractivity contribution >= 4 is 22.9 Å². The molecule has 0 atom stereocenters. The van der Waals surface area contributed by atoms with Gasteiger partial charge in [-0.1, -0.05) is 12.2 Å². The number of anilines is 1. The Hall–Kier alpha value is -1.29. The summed E-state index contributed by atoms with van der Waals surface area (Å²) in [4.78, 5) is 13.5. The number of carbonyl (C=O) groups is 1. The van der Waals surface area contributed by atoms with Crippen LogP contribution >= 0.6 is 11.3 Å². The topological polar surface area (TPSA) is 55.1 Å². The molecular formula is C11H14N2OS. The van der Waals surface area contributed by atoms with Crippen molar-refractivity contribution in [3.63, 3.8) is 0 Å². The average molecular weight is 222 g/mol. The van der Waals surface area contributed by atoms with E-state index in [1.807, 2.05) is 6.92 Å². The van der Waals surface area contributed by atoms with Gasteiger partial charge in [0.05, 0.1) is 4.88 Å². The second kappa shape index (κ2) is 4.06. The molecule has 0 spiro atoms. The van der Waals surface area contributed by atoms with Gasteiger partial charge >= 0.3 is 0 Å². The Balaban J connectivity index is 2.01. The highest BCUT2D eigenvalue weighted by Crippen LogP contribution is 2.23. The van der Waals surface area contributed by atoms with E-state index in [1.54, 1.807) is 6.07 Å². The van der Waals surface area contributed by atoms with Gasteiger partial charge in [-0.2, -0.15) is 0 Å². The van der Waals surface area contributed by atoms with Crippen molar-refractivity contribution in [2.75, 3.05) is 5.73 Å². The van der Waals surface area contributed by atoms with Gasteiger partial charge in [0, 0.05) is 16.6 Å². The van der Waals surface area contributed by atoms with Gasteiger partial charge in [-0.15, -0.1) is 11.3 Å². The molecule has 15 heavy (non-hydrogen) atoms. The van der Waals surface area contributed by atoms with E-state index in [0.717, 1.165) is 17.7 Å². The quantitative estimate of drug-likeness (QED) is 0.753. The number of rotatable bonds is 2. The minimum Gasteiger partial charge on any atom is -0.398 e. The Bertz CT molecular complexity index is 381. The minimum absolute atomic E-state index is 0.00602. The molecule has 2 rings (SSSR count).